The van der Waals surface area contributed by atoms with Crippen molar-refractivity contribution in [3.8, 4) is 11.3 Å². The van der Waals surface area contributed by atoms with Gasteiger partial charge in [0.15, 0.2) is 0 Å². The molecule has 1 aromatic carbocycles. The van der Waals surface area contributed by atoms with E-state index in [-0.39, 0.29) is 11.9 Å². The predicted octanol–water partition coefficient (Wildman–Crippen LogP) is 3.62. The van der Waals surface area contributed by atoms with Crippen molar-refractivity contribution in [2.24, 2.45) is 0 Å². The van der Waals surface area contributed by atoms with Crippen LogP contribution in [0.1, 0.15) is 24.4 Å². The van der Waals surface area contributed by atoms with E-state index in [0.29, 0.717) is 13.0 Å². The third-order valence-electron chi connectivity index (χ3n) is 3.89. The van der Waals surface area contributed by atoms with Crippen molar-refractivity contribution in [2.75, 3.05) is 7.05 Å². The monoisotopic (exact) mass is 340 g/mol. The zero-order valence-electron chi connectivity index (χ0n) is 13.8. The number of carbonyl (C=O) groups excluding carboxylic acids is 1. The third-order valence-corrected chi connectivity index (χ3v) is 4.72. The molecule has 0 saturated carbocycles. The van der Waals surface area contributed by atoms with Gasteiger partial charge in [-0.3, -0.25) is 9.48 Å². The molecule has 2 aromatic heterocycles. The van der Waals surface area contributed by atoms with Crippen molar-refractivity contribution in [2.45, 2.75) is 25.9 Å². The summed E-state index contributed by atoms with van der Waals surface area (Å²) in [5, 5.41) is 7.16. The summed E-state index contributed by atoms with van der Waals surface area (Å²) in [6, 6.07) is 11.6. The average Bonchev–Trinajstić information content (AvgIpc) is 3.28. The summed E-state index contributed by atoms with van der Waals surface area (Å²) < 4.78 is 1.72. The molecular formula is C18H20N4OS. The fraction of sp³-hybridized carbons (Fsp3) is 0.278. The molecule has 124 valence electrons. The maximum absolute atomic E-state index is 12.7. The lowest BCUT2D eigenvalue weighted by Gasteiger charge is -2.22. The van der Waals surface area contributed by atoms with E-state index in [1.807, 2.05) is 61.9 Å². The summed E-state index contributed by atoms with van der Waals surface area (Å²) in [6.45, 7) is 2.50. The Labute approximate surface area is 145 Å². The van der Waals surface area contributed by atoms with Crippen LogP contribution in [0.25, 0.3) is 11.3 Å². The molecule has 1 unspecified atom stereocenters. The molecule has 24 heavy (non-hydrogen) atoms. The van der Waals surface area contributed by atoms with Gasteiger partial charge in [0.05, 0.1) is 12.2 Å². The summed E-state index contributed by atoms with van der Waals surface area (Å²) in [7, 11) is 1.82. The van der Waals surface area contributed by atoms with Crippen LogP contribution in [0.2, 0.25) is 0 Å². The van der Waals surface area contributed by atoms with E-state index < -0.39 is 0 Å². The van der Waals surface area contributed by atoms with E-state index in [1.54, 1.807) is 27.1 Å². The fourth-order valence-corrected chi connectivity index (χ4v) is 3.46. The maximum atomic E-state index is 12.7. The first-order valence-corrected chi connectivity index (χ1v) is 8.81. The van der Waals surface area contributed by atoms with Crippen LogP contribution in [0, 0.1) is 0 Å². The summed E-state index contributed by atoms with van der Waals surface area (Å²) in [5.74, 6) is 0.0534. The van der Waals surface area contributed by atoms with E-state index >= 15 is 0 Å². The fourth-order valence-electron chi connectivity index (χ4n) is 2.60. The molecule has 0 N–H and O–H groups in total. The minimum atomic E-state index is -0.265. The number of hydrogen-bond donors (Lipinski definition) is 0. The van der Waals surface area contributed by atoms with Gasteiger partial charge in [-0.2, -0.15) is 5.10 Å². The Morgan fingerprint density at radius 2 is 2.08 bits per heavy atom. The van der Waals surface area contributed by atoms with Gasteiger partial charge < -0.3 is 4.90 Å². The molecule has 0 radical (unpaired) electrons. The van der Waals surface area contributed by atoms with Crippen LogP contribution in [0.15, 0.2) is 54.2 Å². The summed E-state index contributed by atoms with van der Waals surface area (Å²) in [6.07, 6.45) is 4.23. The number of benzene rings is 1. The second-order valence-corrected chi connectivity index (χ2v) is 6.54. The largest absolute Gasteiger partial charge is 0.337 e. The van der Waals surface area contributed by atoms with Crippen molar-refractivity contribution in [3.05, 3.63) is 59.2 Å². The topological polar surface area (TPSA) is 51.0 Å². The Hall–Kier alpha value is -2.47. The minimum Gasteiger partial charge on any atom is -0.337 e. The number of thiazole rings is 1. The Morgan fingerprint density at radius 1 is 1.29 bits per heavy atom. The standard InChI is InChI=1S/C18H20N4OS/c1-3-16(22-11-7-10-19-22)18(23)21(2)12-17-20-15(13-24-17)14-8-5-4-6-9-14/h4-11,13,16H,3,12H2,1-2H3. The molecule has 0 aliphatic heterocycles. The first-order valence-electron chi connectivity index (χ1n) is 7.93. The first kappa shape index (κ1) is 16.4. The van der Waals surface area contributed by atoms with Crippen LogP contribution in [0.4, 0.5) is 0 Å². The van der Waals surface area contributed by atoms with E-state index in [1.165, 1.54) is 0 Å². The van der Waals surface area contributed by atoms with Gasteiger partial charge in [-0.15, -0.1) is 11.3 Å². The van der Waals surface area contributed by atoms with Gasteiger partial charge in [-0.25, -0.2) is 4.98 Å². The lowest BCUT2D eigenvalue weighted by atomic mass is 10.2. The summed E-state index contributed by atoms with van der Waals surface area (Å²) >= 11 is 1.58. The lowest BCUT2D eigenvalue weighted by Crippen LogP contribution is -2.34. The lowest BCUT2D eigenvalue weighted by molar-refractivity contribution is -0.134. The number of hydrogen-bond acceptors (Lipinski definition) is 4. The molecule has 0 bridgehead atoms. The number of aromatic nitrogens is 3. The van der Waals surface area contributed by atoms with Gasteiger partial charge in [0.25, 0.3) is 0 Å². The molecule has 0 fully saturated rings. The number of nitrogens with zero attached hydrogens (tertiary/aromatic N) is 4. The highest BCUT2D eigenvalue weighted by atomic mass is 32.1. The normalized spacial score (nSPS) is 12.1. The maximum Gasteiger partial charge on any atom is 0.247 e. The zero-order chi connectivity index (χ0) is 16.9. The Balaban J connectivity index is 1.69. The average molecular weight is 340 g/mol. The van der Waals surface area contributed by atoms with E-state index in [4.69, 9.17) is 0 Å². The number of likely N-dealkylation sites (N-methyl/N-ethyl adjacent to an activating group) is 1. The van der Waals surface area contributed by atoms with Crippen molar-refractivity contribution in [1.29, 1.82) is 0 Å². The van der Waals surface area contributed by atoms with Crippen molar-refractivity contribution in [1.82, 2.24) is 19.7 Å². The second kappa shape index (κ2) is 7.40. The highest BCUT2D eigenvalue weighted by Gasteiger charge is 2.23. The van der Waals surface area contributed by atoms with Crippen LogP contribution in [0.5, 0.6) is 0 Å². The highest BCUT2D eigenvalue weighted by Crippen LogP contribution is 2.23. The van der Waals surface area contributed by atoms with Crippen LogP contribution in [-0.2, 0) is 11.3 Å². The zero-order valence-corrected chi connectivity index (χ0v) is 14.6. The van der Waals surface area contributed by atoms with Crippen LogP contribution >= 0.6 is 11.3 Å². The van der Waals surface area contributed by atoms with Gasteiger partial charge in [0.2, 0.25) is 5.91 Å². The summed E-state index contributed by atoms with van der Waals surface area (Å²) in [5.41, 5.74) is 2.05. The molecule has 1 amide bonds. The quantitative estimate of drug-likeness (QED) is 0.689. The smallest absolute Gasteiger partial charge is 0.247 e. The molecule has 0 aliphatic carbocycles. The Kier molecular flexibility index (Phi) is 5.05. The van der Waals surface area contributed by atoms with Gasteiger partial charge in [0.1, 0.15) is 11.0 Å². The molecule has 1 atom stereocenters. The van der Waals surface area contributed by atoms with Crippen molar-refractivity contribution in [3.63, 3.8) is 0 Å². The first-order chi connectivity index (χ1) is 11.7. The number of carbonyl (C=O) groups is 1. The SMILES string of the molecule is CCC(C(=O)N(C)Cc1nc(-c2ccccc2)cs1)n1cccn1. The molecule has 5 nitrogen and oxygen atoms in total. The Bertz CT molecular complexity index is 782. The minimum absolute atomic E-state index is 0.0534. The predicted molar refractivity (Wildman–Crippen MR) is 95.6 cm³/mol. The molecule has 3 aromatic rings. The second-order valence-electron chi connectivity index (χ2n) is 5.60. The van der Waals surface area contributed by atoms with Gasteiger partial charge in [-0.05, 0) is 12.5 Å². The van der Waals surface area contributed by atoms with Crippen LogP contribution in [0.3, 0.4) is 0 Å². The van der Waals surface area contributed by atoms with E-state index in [2.05, 4.69) is 10.1 Å². The van der Waals surface area contributed by atoms with Crippen LogP contribution in [-0.4, -0.2) is 32.6 Å². The van der Waals surface area contributed by atoms with Gasteiger partial charge >= 0.3 is 0 Å². The number of rotatable bonds is 6. The van der Waals surface area contributed by atoms with Gasteiger partial charge in [0, 0.05) is 30.4 Å². The molecule has 0 saturated heterocycles. The molecular weight excluding hydrogens is 320 g/mol. The molecule has 6 heteroatoms. The van der Waals surface area contributed by atoms with Crippen molar-refractivity contribution < 1.29 is 4.79 Å². The van der Waals surface area contributed by atoms with Crippen LogP contribution < -0.4 is 0 Å². The summed E-state index contributed by atoms with van der Waals surface area (Å²) in [4.78, 5) is 19.1. The molecule has 3 rings (SSSR count). The van der Waals surface area contributed by atoms with E-state index in [9.17, 15) is 4.79 Å². The number of amides is 1. The molecule has 0 aliphatic rings. The Morgan fingerprint density at radius 3 is 2.75 bits per heavy atom. The molecule has 0 spiro atoms. The third kappa shape index (κ3) is 3.54. The highest BCUT2D eigenvalue weighted by molar-refractivity contribution is 7.09. The molecule has 2 heterocycles. The van der Waals surface area contributed by atoms with E-state index in [0.717, 1.165) is 16.3 Å². The van der Waals surface area contributed by atoms with Gasteiger partial charge in [-0.1, -0.05) is 37.3 Å². The van der Waals surface area contributed by atoms with Crippen molar-refractivity contribution >= 4 is 17.2 Å².